The van der Waals surface area contributed by atoms with Gasteiger partial charge in [-0.1, -0.05) is 20.3 Å². The molecule has 1 aliphatic rings. The van der Waals surface area contributed by atoms with Crippen LogP contribution in [0.5, 0.6) is 0 Å². The summed E-state index contributed by atoms with van der Waals surface area (Å²) >= 11 is 1.87. The van der Waals surface area contributed by atoms with Crippen LogP contribution in [0.4, 0.5) is 5.82 Å². The minimum atomic E-state index is 0.810. The summed E-state index contributed by atoms with van der Waals surface area (Å²) < 4.78 is 0. The molecule has 1 atom stereocenters. The van der Waals surface area contributed by atoms with Crippen LogP contribution in [-0.2, 0) is 12.8 Å². The number of fused-ring (bicyclic) bond motifs is 3. The van der Waals surface area contributed by atoms with Crippen LogP contribution < -0.4 is 5.32 Å². The Morgan fingerprint density at radius 2 is 2.32 bits per heavy atom. The smallest absolute Gasteiger partial charge is 0.138 e. The Morgan fingerprint density at radius 1 is 1.42 bits per heavy atom. The molecule has 19 heavy (non-hydrogen) atoms. The number of rotatable bonds is 4. The summed E-state index contributed by atoms with van der Waals surface area (Å²) in [6, 6.07) is 0. The molecular formula is C15H21N3S. The number of aryl methyl sites for hydroxylation is 1. The fourth-order valence-corrected chi connectivity index (χ4v) is 4.14. The predicted molar refractivity (Wildman–Crippen MR) is 82.0 cm³/mol. The summed E-state index contributed by atoms with van der Waals surface area (Å²) in [5, 5.41) is 4.79. The molecule has 0 spiro atoms. The van der Waals surface area contributed by atoms with Gasteiger partial charge in [0.05, 0.1) is 5.39 Å². The summed E-state index contributed by atoms with van der Waals surface area (Å²) in [4.78, 5) is 11.6. The zero-order chi connectivity index (χ0) is 13.2. The highest BCUT2D eigenvalue weighted by molar-refractivity contribution is 7.19. The van der Waals surface area contributed by atoms with E-state index in [1.165, 1.54) is 47.9 Å². The number of nitrogens with one attached hydrogen (secondary N) is 1. The molecule has 0 amide bonds. The van der Waals surface area contributed by atoms with E-state index in [1.54, 1.807) is 6.33 Å². The quantitative estimate of drug-likeness (QED) is 0.856. The van der Waals surface area contributed by atoms with E-state index in [2.05, 4.69) is 29.1 Å². The highest BCUT2D eigenvalue weighted by Gasteiger charge is 2.22. The van der Waals surface area contributed by atoms with Crippen LogP contribution in [0.2, 0.25) is 0 Å². The maximum atomic E-state index is 4.47. The Bertz CT molecular complexity index is 576. The van der Waals surface area contributed by atoms with Gasteiger partial charge in [0.2, 0.25) is 0 Å². The van der Waals surface area contributed by atoms with E-state index in [-0.39, 0.29) is 0 Å². The molecule has 0 radical (unpaired) electrons. The van der Waals surface area contributed by atoms with Gasteiger partial charge in [-0.25, -0.2) is 9.97 Å². The number of thiophene rings is 1. The minimum Gasteiger partial charge on any atom is -0.369 e. The zero-order valence-corrected chi connectivity index (χ0v) is 12.5. The van der Waals surface area contributed by atoms with Crippen molar-refractivity contribution in [2.24, 2.45) is 5.92 Å². The number of nitrogens with zero attached hydrogens (tertiary/aromatic N) is 2. The van der Waals surface area contributed by atoms with E-state index >= 15 is 0 Å². The van der Waals surface area contributed by atoms with E-state index in [9.17, 15) is 0 Å². The SMILES string of the molecule is CCCCNc1ncnc2sc3c(c12)CC[C@H](C)C3. The standard InChI is InChI=1S/C15H21N3S/c1-3-4-7-16-14-13-11-6-5-10(2)8-12(11)19-15(13)18-9-17-14/h9-10H,3-8H2,1-2H3,(H,16,17,18)/t10-/m0/s1. The number of unbranched alkanes of at least 4 members (excludes halogenated alkanes) is 1. The van der Waals surface area contributed by atoms with Gasteiger partial charge < -0.3 is 5.32 Å². The lowest BCUT2D eigenvalue weighted by molar-refractivity contribution is 0.509. The summed E-state index contributed by atoms with van der Waals surface area (Å²) in [7, 11) is 0. The number of hydrogen-bond donors (Lipinski definition) is 1. The van der Waals surface area contributed by atoms with Crippen LogP contribution in [0.1, 0.15) is 43.6 Å². The molecule has 3 rings (SSSR count). The highest BCUT2D eigenvalue weighted by atomic mass is 32.1. The molecule has 102 valence electrons. The second-order valence-corrected chi connectivity index (χ2v) is 6.62. The van der Waals surface area contributed by atoms with Crippen molar-refractivity contribution in [3.63, 3.8) is 0 Å². The average Bonchev–Trinajstić information content (AvgIpc) is 2.77. The molecule has 4 heteroatoms. The molecule has 2 aromatic heterocycles. The highest BCUT2D eigenvalue weighted by Crippen LogP contribution is 2.39. The van der Waals surface area contributed by atoms with Gasteiger partial charge in [-0.15, -0.1) is 11.3 Å². The van der Waals surface area contributed by atoms with E-state index in [0.717, 1.165) is 23.1 Å². The third kappa shape index (κ3) is 2.46. The van der Waals surface area contributed by atoms with E-state index in [0.29, 0.717) is 0 Å². The van der Waals surface area contributed by atoms with Crippen molar-refractivity contribution in [1.29, 1.82) is 0 Å². The molecule has 0 bridgehead atoms. The number of aromatic nitrogens is 2. The lowest BCUT2D eigenvalue weighted by Crippen LogP contribution is -2.09. The lowest BCUT2D eigenvalue weighted by atomic mass is 9.89. The van der Waals surface area contributed by atoms with Gasteiger partial charge in [-0.2, -0.15) is 0 Å². The topological polar surface area (TPSA) is 37.8 Å². The van der Waals surface area contributed by atoms with Gasteiger partial charge in [0, 0.05) is 11.4 Å². The molecule has 0 saturated heterocycles. The molecule has 0 aromatic carbocycles. The molecule has 1 N–H and O–H groups in total. The monoisotopic (exact) mass is 275 g/mol. The van der Waals surface area contributed by atoms with Crippen LogP contribution in [0.15, 0.2) is 6.33 Å². The Morgan fingerprint density at radius 3 is 3.16 bits per heavy atom. The first kappa shape index (κ1) is 12.9. The van der Waals surface area contributed by atoms with Gasteiger partial charge in [-0.3, -0.25) is 0 Å². The molecule has 2 heterocycles. The fourth-order valence-electron chi connectivity index (χ4n) is 2.79. The molecule has 1 aliphatic carbocycles. The Kier molecular flexibility index (Phi) is 3.69. The van der Waals surface area contributed by atoms with Crippen LogP contribution in [0.25, 0.3) is 10.2 Å². The summed E-state index contributed by atoms with van der Waals surface area (Å²) in [5.41, 5.74) is 1.51. The molecule has 3 nitrogen and oxygen atoms in total. The third-order valence-corrected chi connectivity index (χ3v) is 5.08. The maximum Gasteiger partial charge on any atom is 0.138 e. The van der Waals surface area contributed by atoms with Gasteiger partial charge >= 0.3 is 0 Å². The minimum absolute atomic E-state index is 0.810. The van der Waals surface area contributed by atoms with Crippen LogP contribution in [-0.4, -0.2) is 16.5 Å². The summed E-state index contributed by atoms with van der Waals surface area (Å²) in [5.74, 6) is 1.86. The molecule has 0 fully saturated rings. The van der Waals surface area contributed by atoms with Crippen molar-refractivity contribution < 1.29 is 0 Å². The predicted octanol–water partition coefficient (Wildman–Crippen LogP) is 4.03. The van der Waals surface area contributed by atoms with Crippen LogP contribution in [0.3, 0.4) is 0 Å². The lowest BCUT2D eigenvalue weighted by Gasteiger charge is -2.18. The van der Waals surface area contributed by atoms with Gasteiger partial charge in [0.1, 0.15) is 17.0 Å². The fraction of sp³-hybridized carbons (Fsp3) is 0.600. The molecule has 0 aliphatic heterocycles. The first-order valence-electron chi connectivity index (χ1n) is 7.28. The average molecular weight is 275 g/mol. The number of hydrogen-bond acceptors (Lipinski definition) is 4. The van der Waals surface area contributed by atoms with E-state index in [1.807, 2.05) is 11.3 Å². The van der Waals surface area contributed by atoms with Gasteiger partial charge in [0.25, 0.3) is 0 Å². The van der Waals surface area contributed by atoms with Crippen molar-refractivity contribution >= 4 is 27.4 Å². The molecule has 0 saturated carbocycles. The zero-order valence-electron chi connectivity index (χ0n) is 11.7. The normalized spacial score (nSPS) is 18.5. The molecule has 2 aromatic rings. The van der Waals surface area contributed by atoms with Crippen molar-refractivity contribution in [2.45, 2.75) is 46.0 Å². The second kappa shape index (κ2) is 5.45. The van der Waals surface area contributed by atoms with E-state index in [4.69, 9.17) is 0 Å². The summed E-state index contributed by atoms with van der Waals surface area (Å²) in [6.07, 6.45) is 7.79. The second-order valence-electron chi connectivity index (χ2n) is 5.53. The Hall–Kier alpha value is -1.16. The first-order valence-corrected chi connectivity index (χ1v) is 8.10. The van der Waals surface area contributed by atoms with Crippen molar-refractivity contribution in [3.05, 3.63) is 16.8 Å². The van der Waals surface area contributed by atoms with Crippen LogP contribution in [0, 0.1) is 5.92 Å². The van der Waals surface area contributed by atoms with Crippen molar-refractivity contribution in [2.75, 3.05) is 11.9 Å². The maximum absolute atomic E-state index is 4.47. The van der Waals surface area contributed by atoms with Gasteiger partial charge in [-0.05, 0) is 37.2 Å². The first-order chi connectivity index (χ1) is 9.29. The number of anilines is 1. The summed E-state index contributed by atoms with van der Waals surface area (Å²) in [6.45, 7) is 5.56. The molecule has 0 unspecified atom stereocenters. The molecular weight excluding hydrogens is 254 g/mol. The van der Waals surface area contributed by atoms with E-state index < -0.39 is 0 Å². The van der Waals surface area contributed by atoms with Crippen LogP contribution >= 0.6 is 11.3 Å². The van der Waals surface area contributed by atoms with Crippen molar-refractivity contribution in [1.82, 2.24) is 9.97 Å². The van der Waals surface area contributed by atoms with Gasteiger partial charge in [0.15, 0.2) is 0 Å². The Labute approximate surface area is 118 Å². The largest absolute Gasteiger partial charge is 0.369 e. The Balaban J connectivity index is 1.99. The third-order valence-electron chi connectivity index (χ3n) is 3.91. The van der Waals surface area contributed by atoms with Crippen molar-refractivity contribution in [3.8, 4) is 0 Å².